The predicted molar refractivity (Wildman–Crippen MR) is 69.7 cm³/mol. The second-order valence-corrected chi connectivity index (χ2v) is 4.36. The van der Waals surface area contributed by atoms with Crippen molar-refractivity contribution >= 4 is 34.9 Å². The molecule has 0 aliphatic heterocycles. The van der Waals surface area contributed by atoms with Gasteiger partial charge in [0.15, 0.2) is 0 Å². The van der Waals surface area contributed by atoms with Crippen LogP contribution in [-0.2, 0) is 0 Å². The van der Waals surface area contributed by atoms with E-state index in [0.29, 0.717) is 10.2 Å². The number of aromatic nitrogens is 2. The van der Waals surface area contributed by atoms with Gasteiger partial charge in [0.1, 0.15) is 11.5 Å². The molecule has 16 heavy (non-hydrogen) atoms. The molecule has 2 nitrogen and oxygen atoms in total. The van der Waals surface area contributed by atoms with Gasteiger partial charge in [-0.2, -0.15) is 0 Å². The van der Waals surface area contributed by atoms with E-state index in [2.05, 4.69) is 9.97 Å². The molecule has 0 fully saturated rings. The lowest BCUT2D eigenvalue weighted by Gasteiger charge is -1.96. The van der Waals surface area contributed by atoms with Crippen molar-refractivity contribution in [3.8, 4) is 0 Å². The number of nitrogens with zero attached hydrogens (tertiary/aromatic N) is 2. The molecular formula is C12H14Cl2N2. The average Bonchev–Trinajstić information content (AvgIpc) is 2.21. The highest BCUT2D eigenvalue weighted by Crippen LogP contribution is 2.04. The van der Waals surface area contributed by atoms with Crippen LogP contribution in [0.25, 0.3) is 11.6 Å². The minimum Gasteiger partial charge on any atom is -0.236 e. The minimum atomic E-state index is 0.425. The molecule has 86 valence electrons. The maximum Gasteiger partial charge on any atom is 0.140 e. The maximum absolute atomic E-state index is 6.05. The molecule has 0 spiro atoms. The summed E-state index contributed by atoms with van der Waals surface area (Å²) in [6, 6.07) is 0. The van der Waals surface area contributed by atoms with Crippen molar-refractivity contribution in [2.75, 3.05) is 0 Å². The molecule has 0 amide bonds. The summed E-state index contributed by atoms with van der Waals surface area (Å²) >= 11 is 12.1. The summed E-state index contributed by atoms with van der Waals surface area (Å²) in [7, 11) is 0. The second-order valence-electron chi connectivity index (χ2n) is 3.57. The Labute approximate surface area is 105 Å². The predicted octanol–water partition coefficient (Wildman–Crippen LogP) is 2.63. The molecule has 1 rings (SSSR count). The summed E-state index contributed by atoms with van der Waals surface area (Å²) in [6.07, 6.45) is 6.06. The number of hydrogen-bond donors (Lipinski definition) is 0. The van der Waals surface area contributed by atoms with E-state index in [-0.39, 0.29) is 0 Å². The Morgan fingerprint density at radius 3 is 2.62 bits per heavy atom. The lowest BCUT2D eigenvalue weighted by molar-refractivity contribution is 1.09. The Morgan fingerprint density at radius 2 is 2.06 bits per heavy atom. The minimum absolute atomic E-state index is 0.425. The number of halogens is 2. The van der Waals surface area contributed by atoms with E-state index in [0.717, 1.165) is 22.6 Å². The van der Waals surface area contributed by atoms with Gasteiger partial charge in [0.25, 0.3) is 0 Å². The van der Waals surface area contributed by atoms with Crippen LogP contribution in [-0.4, -0.2) is 9.97 Å². The van der Waals surface area contributed by atoms with E-state index in [1.807, 2.05) is 26.8 Å². The van der Waals surface area contributed by atoms with Crippen LogP contribution < -0.4 is 10.6 Å². The van der Waals surface area contributed by atoms with E-state index in [1.165, 1.54) is 6.33 Å². The Balaban J connectivity index is 3.56. The second kappa shape index (κ2) is 6.02. The third-order valence-electron chi connectivity index (χ3n) is 1.99. The first kappa shape index (κ1) is 13.2. The molecule has 0 atom stereocenters. The van der Waals surface area contributed by atoms with Crippen LogP contribution in [0.1, 0.15) is 27.2 Å². The highest BCUT2D eigenvalue weighted by Gasteiger charge is 1.98. The third kappa shape index (κ3) is 3.32. The van der Waals surface area contributed by atoms with Crippen LogP contribution in [0.3, 0.4) is 0 Å². The zero-order chi connectivity index (χ0) is 12.1. The van der Waals surface area contributed by atoms with Gasteiger partial charge in [0, 0.05) is 10.3 Å². The fourth-order valence-corrected chi connectivity index (χ4v) is 1.74. The topological polar surface area (TPSA) is 25.8 Å². The lowest BCUT2D eigenvalue weighted by atomic mass is 10.2. The van der Waals surface area contributed by atoms with Gasteiger partial charge in [0.2, 0.25) is 0 Å². The third-order valence-corrected chi connectivity index (χ3v) is 2.55. The zero-order valence-corrected chi connectivity index (χ0v) is 11.1. The molecule has 0 radical (unpaired) electrons. The van der Waals surface area contributed by atoms with E-state index < -0.39 is 0 Å². The SMILES string of the molecule is CC/C=C(Cl)/C=c1/c(Cl)ncnc1=C(C)C. The summed E-state index contributed by atoms with van der Waals surface area (Å²) in [5.74, 6) is 0. The lowest BCUT2D eigenvalue weighted by Crippen LogP contribution is -2.31. The molecule has 1 aromatic rings. The van der Waals surface area contributed by atoms with Gasteiger partial charge >= 0.3 is 0 Å². The summed E-state index contributed by atoms with van der Waals surface area (Å²) in [5, 5.41) is 2.69. The van der Waals surface area contributed by atoms with Gasteiger partial charge in [-0.3, -0.25) is 0 Å². The molecule has 0 aliphatic rings. The van der Waals surface area contributed by atoms with Crippen molar-refractivity contribution in [2.24, 2.45) is 0 Å². The first-order valence-electron chi connectivity index (χ1n) is 5.07. The molecule has 0 saturated heterocycles. The average molecular weight is 257 g/mol. The van der Waals surface area contributed by atoms with E-state index in [9.17, 15) is 0 Å². The standard InChI is InChI=1S/C12H14Cl2N2/c1-4-5-9(13)6-10-11(8(2)3)15-7-16-12(10)14/h5-7H,4H2,1-3H3/b9-5-,10-6+. The molecule has 1 aromatic heterocycles. The van der Waals surface area contributed by atoms with Crippen LogP contribution in [0.2, 0.25) is 5.15 Å². The van der Waals surface area contributed by atoms with Crippen LogP contribution in [0.5, 0.6) is 0 Å². The van der Waals surface area contributed by atoms with Crippen LogP contribution in [0, 0.1) is 0 Å². The number of hydrogen-bond acceptors (Lipinski definition) is 2. The van der Waals surface area contributed by atoms with E-state index in [4.69, 9.17) is 23.2 Å². The molecule has 1 heterocycles. The summed E-state index contributed by atoms with van der Waals surface area (Å²) < 4.78 is 0. The molecule has 0 aromatic carbocycles. The van der Waals surface area contributed by atoms with Gasteiger partial charge in [-0.25, -0.2) is 9.97 Å². The highest BCUT2D eigenvalue weighted by atomic mass is 35.5. The van der Waals surface area contributed by atoms with Crippen molar-refractivity contribution in [3.05, 3.63) is 33.2 Å². The number of rotatable bonds is 2. The fourth-order valence-electron chi connectivity index (χ4n) is 1.29. The van der Waals surface area contributed by atoms with Gasteiger partial charge in [-0.05, 0) is 31.9 Å². The molecule has 0 N–H and O–H groups in total. The van der Waals surface area contributed by atoms with Crippen molar-refractivity contribution in [2.45, 2.75) is 27.2 Å². The summed E-state index contributed by atoms with van der Waals surface area (Å²) in [5.41, 5.74) is 1.08. The van der Waals surface area contributed by atoms with Gasteiger partial charge in [-0.1, -0.05) is 36.2 Å². The Kier molecular flexibility index (Phi) is 4.97. The Morgan fingerprint density at radius 1 is 1.38 bits per heavy atom. The summed E-state index contributed by atoms with van der Waals surface area (Å²) in [4.78, 5) is 8.16. The van der Waals surface area contributed by atoms with E-state index >= 15 is 0 Å². The largest absolute Gasteiger partial charge is 0.236 e. The van der Waals surface area contributed by atoms with Crippen molar-refractivity contribution in [3.63, 3.8) is 0 Å². The molecule has 4 heteroatoms. The molecule has 0 unspecified atom stereocenters. The normalized spacial score (nSPS) is 13.1. The smallest absolute Gasteiger partial charge is 0.140 e. The molecule has 0 saturated carbocycles. The zero-order valence-electron chi connectivity index (χ0n) is 9.59. The Hall–Kier alpha value is -0.860. The Bertz CT molecular complexity index is 514. The van der Waals surface area contributed by atoms with Crippen LogP contribution >= 0.6 is 23.2 Å². The first-order chi connectivity index (χ1) is 7.56. The van der Waals surface area contributed by atoms with Gasteiger partial charge in [0.05, 0.1) is 5.35 Å². The fraction of sp³-hybridized carbons (Fsp3) is 0.333. The molecule has 0 bridgehead atoms. The highest BCUT2D eigenvalue weighted by molar-refractivity contribution is 6.34. The van der Waals surface area contributed by atoms with Crippen LogP contribution in [0.4, 0.5) is 0 Å². The maximum atomic E-state index is 6.05. The van der Waals surface area contributed by atoms with Crippen LogP contribution in [0.15, 0.2) is 17.4 Å². The van der Waals surface area contributed by atoms with Gasteiger partial charge in [-0.15, -0.1) is 0 Å². The van der Waals surface area contributed by atoms with Crippen molar-refractivity contribution < 1.29 is 0 Å². The number of allylic oxidation sites excluding steroid dienone is 2. The van der Waals surface area contributed by atoms with Crippen molar-refractivity contribution in [1.82, 2.24) is 9.97 Å². The first-order valence-corrected chi connectivity index (χ1v) is 5.83. The van der Waals surface area contributed by atoms with Crippen molar-refractivity contribution in [1.29, 1.82) is 0 Å². The molecule has 0 aliphatic carbocycles. The summed E-state index contributed by atoms with van der Waals surface area (Å²) in [6.45, 7) is 5.98. The monoisotopic (exact) mass is 256 g/mol. The molecular weight excluding hydrogens is 243 g/mol. The van der Waals surface area contributed by atoms with Gasteiger partial charge < -0.3 is 0 Å². The van der Waals surface area contributed by atoms with E-state index in [1.54, 1.807) is 6.08 Å². The quantitative estimate of drug-likeness (QED) is 0.761.